The summed E-state index contributed by atoms with van der Waals surface area (Å²) < 4.78 is 52.1. The molecule has 274 valence electrons. The second kappa shape index (κ2) is 18.4. The number of aromatic amines is 1. The van der Waals surface area contributed by atoms with Gasteiger partial charge in [-0.2, -0.15) is 8.62 Å². The van der Waals surface area contributed by atoms with Crippen molar-refractivity contribution in [3.05, 3.63) is 32.6 Å². The third-order valence-electron chi connectivity index (χ3n) is 6.49. The van der Waals surface area contributed by atoms with Gasteiger partial charge in [0.1, 0.15) is 12.3 Å². The fourth-order valence-electron chi connectivity index (χ4n) is 4.21. The number of ether oxygens (including phenoxy) is 1. The number of hydrogen-bond acceptors (Lipinski definition) is 14. The summed E-state index contributed by atoms with van der Waals surface area (Å²) in [5.41, 5.74) is 8.74. The minimum Gasteiger partial charge on any atom is -0.390 e. The van der Waals surface area contributed by atoms with Gasteiger partial charge in [0.25, 0.3) is 5.56 Å². The third-order valence-corrected chi connectivity index (χ3v) is 10.3. The van der Waals surface area contributed by atoms with E-state index >= 15 is 0 Å². The van der Waals surface area contributed by atoms with Gasteiger partial charge in [-0.15, -0.1) is 0 Å². The smallest absolute Gasteiger partial charge is 0.390 e. The molecule has 0 saturated carbocycles. The lowest BCUT2D eigenvalue weighted by molar-refractivity contribution is -0.123. The molecule has 1 fully saturated rings. The lowest BCUT2D eigenvalue weighted by Gasteiger charge is -2.19. The van der Waals surface area contributed by atoms with Gasteiger partial charge in [0.2, 0.25) is 17.7 Å². The number of carbonyl (C=O) groups excluding carboxylic acids is 3. The van der Waals surface area contributed by atoms with E-state index in [1.54, 1.807) is 0 Å². The van der Waals surface area contributed by atoms with Crippen LogP contribution in [-0.2, 0) is 52.4 Å². The molecular weight excluding hydrogens is 713 g/mol. The zero-order valence-corrected chi connectivity index (χ0v) is 27.9. The zero-order valence-electron chi connectivity index (χ0n) is 25.2. The van der Waals surface area contributed by atoms with E-state index in [9.17, 15) is 52.6 Å². The van der Waals surface area contributed by atoms with Crippen LogP contribution in [0.3, 0.4) is 0 Å². The van der Waals surface area contributed by atoms with E-state index in [4.69, 9.17) is 26.0 Å². The average molecular weight is 753 g/mol. The minimum absolute atomic E-state index is 0.00976. The average Bonchev–Trinajstić information content (AvgIpc) is 3.31. The van der Waals surface area contributed by atoms with Crippen molar-refractivity contribution in [1.82, 2.24) is 20.2 Å². The molecule has 0 aromatic carbocycles. The van der Waals surface area contributed by atoms with Crippen molar-refractivity contribution in [2.75, 3.05) is 19.7 Å². The van der Waals surface area contributed by atoms with E-state index in [0.717, 1.165) is 17.2 Å². The highest BCUT2D eigenvalue weighted by Gasteiger charge is 2.43. The molecule has 1 aromatic heterocycles. The number of nitrogens with two attached hydrogens (primary N) is 2. The number of nitrogens with zero attached hydrogens (tertiary/aromatic N) is 1. The van der Waals surface area contributed by atoms with Crippen molar-refractivity contribution in [3.8, 4) is 0 Å². The van der Waals surface area contributed by atoms with Crippen LogP contribution in [-0.4, -0.2) is 89.9 Å². The van der Waals surface area contributed by atoms with Crippen LogP contribution in [0.5, 0.6) is 0 Å². The molecule has 1 saturated heterocycles. The molecule has 3 amide bonds. The Labute approximate surface area is 271 Å². The van der Waals surface area contributed by atoms with Crippen LogP contribution in [0.15, 0.2) is 15.8 Å². The second-order valence-electron chi connectivity index (χ2n) is 10.5. The Kier molecular flexibility index (Phi) is 15.9. The first-order valence-electron chi connectivity index (χ1n) is 14.2. The standard InChI is InChI=1S/C22H39N6O17P3/c23-14(5-6-17(24)30)21(33)26-8-4-2-1-3-7-25-18(31)9-13-11-28(22(34)27-20(13)32)19-10-15(29)16(43-19)12-42-47(38,39)45-48(40,41)44-46(35,36)37/h11,14-16,19,29H,1-10,12,23H2,(H2,24,30)(H,25,31)(H,26,33)(H,38,39)(H,40,41)(H,27,32,34)(H2,35,36,37)/t14-,15-,16+,19+/m0/s1. The van der Waals surface area contributed by atoms with Crippen molar-refractivity contribution in [3.63, 3.8) is 0 Å². The summed E-state index contributed by atoms with van der Waals surface area (Å²) in [7, 11) is -16.9. The van der Waals surface area contributed by atoms with Crippen LogP contribution in [0.2, 0.25) is 0 Å². The quantitative estimate of drug-likeness (QED) is 0.0456. The van der Waals surface area contributed by atoms with E-state index in [-0.39, 0.29) is 37.3 Å². The number of aliphatic hydroxyl groups excluding tert-OH is 1. The van der Waals surface area contributed by atoms with Crippen molar-refractivity contribution >= 4 is 41.2 Å². The summed E-state index contributed by atoms with van der Waals surface area (Å²) in [5, 5.41) is 15.6. The fraction of sp³-hybridized carbons (Fsp3) is 0.682. The van der Waals surface area contributed by atoms with Gasteiger partial charge < -0.3 is 51.5 Å². The molecule has 0 bridgehead atoms. The van der Waals surface area contributed by atoms with Crippen molar-refractivity contribution in [1.29, 1.82) is 0 Å². The van der Waals surface area contributed by atoms with Gasteiger partial charge in [0.05, 0.1) is 25.2 Å². The molecule has 6 atom stereocenters. The van der Waals surface area contributed by atoms with Crippen molar-refractivity contribution in [2.45, 2.75) is 75.8 Å². The van der Waals surface area contributed by atoms with Gasteiger partial charge >= 0.3 is 29.2 Å². The number of amides is 3. The van der Waals surface area contributed by atoms with Crippen LogP contribution >= 0.6 is 23.5 Å². The van der Waals surface area contributed by atoms with E-state index in [2.05, 4.69) is 23.8 Å². The number of aliphatic hydroxyl groups is 1. The first kappa shape index (κ1) is 41.6. The highest BCUT2D eigenvalue weighted by Crippen LogP contribution is 2.66. The van der Waals surface area contributed by atoms with Crippen molar-refractivity contribution in [2.24, 2.45) is 11.5 Å². The fourth-order valence-corrected chi connectivity index (χ4v) is 7.24. The summed E-state index contributed by atoms with van der Waals surface area (Å²) in [5.74, 6) is -1.47. The highest BCUT2D eigenvalue weighted by molar-refractivity contribution is 7.66. The Morgan fingerprint density at radius 3 is 2.25 bits per heavy atom. The number of carbonyl (C=O) groups is 3. The van der Waals surface area contributed by atoms with E-state index in [1.165, 1.54) is 0 Å². The number of unbranched alkanes of at least 4 members (excludes halogenated alkanes) is 3. The molecule has 1 aromatic rings. The third kappa shape index (κ3) is 15.3. The molecule has 12 N–H and O–H groups in total. The lowest BCUT2D eigenvalue weighted by atomic mass is 10.1. The molecular formula is C22H39N6O17P3. The Morgan fingerprint density at radius 2 is 1.65 bits per heavy atom. The van der Waals surface area contributed by atoms with Gasteiger partial charge in [-0.05, 0) is 19.3 Å². The molecule has 0 radical (unpaired) electrons. The second-order valence-corrected chi connectivity index (χ2v) is 14.9. The van der Waals surface area contributed by atoms with Crippen molar-refractivity contribution < 1.29 is 70.6 Å². The van der Waals surface area contributed by atoms with Gasteiger partial charge in [0, 0.05) is 37.7 Å². The molecule has 1 aliphatic heterocycles. The molecule has 2 unspecified atom stereocenters. The topological polar surface area (TPSA) is 371 Å². The molecule has 48 heavy (non-hydrogen) atoms. The van der Waals surface area contributed by atoms with Crippen LogP contribution in [0, 0.1) is 0 Å². The Morgan fingerprint density at radius 1 is 1.02 bits per heavy atom. The summed E-state index contributed by atoms with van der Waals surface area (Å²) in [6.45, 7) is -0.323. The maximum atomic E-state index is 12.4. The van der Waals surface area contributed by atoms with Gasteiger partial charge in [0.15, 0.2) is 0 Å². The molecule has 0 spiro atoms. The van der Waals surface area contributed by atoms with E-state index in [0.29, 0.717) is 25.8 Å². The minimum atomic E-state index is -5.77. The van der Waals surface area contributed by atoms with Crippen LogP contribution in [0.4, 0.5) is 0 Å². The largest absolute Gasteiger partial charge is 0.490 e. The SMILES string of the molecule is NC(=O)CC[C@H](N)C(=O)NCCCCCCNC(=O)Cc1cn([C@H]2C[C@H](O)[C@@H](COP(=O)(O)OP(=O)(O)OP(=O)(O)O)O2)c(=O)[nH]c1=O. The number of aromatic nitrogens is 2. The maximum absolute atomic E-state index is 12.4. The molecule has 26 heteroatoms. The van der Waals surface area contributed by atoms with Gasteiger partial charge in [-0.1, -0.05) is 12.8 Å². The Bertz CT molecular complexity index is 1550. The summed E-state index contributed by atoms with van der Waals surface area (Å²) in [4.78, 5) is 97.8. The van der Waals surface area contributed by atoms with Gasteiger partial charge in [-0.25, -0.2) is 18.5 Å². The Hall–Kier alpha value is -2.62. The molecule has 2 rings (SSSR count). The summed E-state index contributed by atoms with van der Waals surface area (Å²) >= 11 is 0. The molecule has 0 aliphatic carbocycles. The normalized spacial score (nSPS) is 21.2. The number of phosphoric ester groups is 1. The number of nitrogens with one attached hydrogen (secondary N) is 3. The van der Waals surface area contributed by atoms with Crippen LogP contribution in [0.1, 0.15) is 56.7 Å². The number of primary amides is 1. The summed E-state index contributed by atoms with van der Waals surface area (Å²) in [6, 6.07) is -0.830. The van der Waals surface area contributed by atoms with E-state index < -0.39 is 84.0 Å². The first-order chi connectivity index (χ1) is 22.2. The van der Waals surface area contributed by atoms with Crippen LogP contribution in [0.25, 0.3) is 0 Å². The lowest BCUT2D eigenvalue weighted by Crippen LogP contribution is -2.41. The number of H-pyrrole nitrogens is 1. The highest BCUT2D eigenvalue weighted by atomic mass is 31.3. The van der Waals surface area contributed by atoms with E-state index in [1.807, 2.05) is 4.98 Å². The maximum Gasteiger partial charge on any atom is 0.490 e. The van der Waals surface area contributed by atoms with Crippen LogP contribution < -0.4 is 33.3 Å². The molecule has 23 nitrogen and oxygen atoms in total. The monoisotopic (exact) mass is 752 g/mol. The zero-order chi connectivity index (χ0) is 36.3. The predicted molar refractivity (Wildman–Crippen MR) is 160 cm³/mol. The number of rotatable bonds is 21. The Balaban J connectivity index is 1.81. The predicted octanol–water partition coefficient (Wildman–Crippen LogP) is -2.54. The first-order valence-corrected chi connectivity index (χ1v) is 18.7. The van der Waals surface area contributed by atoms with Gasteiger partial charge in [-0.3, -0.25) is 33.3 Å². The molecule has 2 heterocycles. The number of hydrogen-bond donors (Lipinski definition) is 10. The number of phosphoric acid groups is 3. The molecule has 1 aliphatic rings. The summed E-state index contributed by atoms with van der Waals surface area (Å²) in [6.07, 6.45) is -1.02.